The van der Waals surface area contributed by atoms with Gasteiger partial charge in [0, 0.05) is 52.6 Å². The van der Waals surface area contributed by atoms with Crippen molar-refractivity contribution in [3.8, 4) is 23.0 Å². The van der Waals surface area contributed by atoms with Crippen molar-refractivity contribution in [2.45, 2.75) is 6.92 Å². The summed E-state index contributed by atoms with van der Waals surface area (Å²) in [5.74, 6) is -2.71. The van der Waals surface area contributed by atoms with Crippen LogP contribution in [0.15, 0.2) is 60.7 Å². The first-order valence-electron chi connectivity index (χ1n) is 12.7. The molecule has 1 aromatic heterocycles. The molecule has 4 rings (SSSR count). The summed E-state index contributed by atoms with van der Waals surface area (Å²) in [6.45, 7) is 2.85. The number of fused-ring (bicyclic) bond motifs is 1. The fraction of sp³-hybridized carbons (Fsp3) is 0.207. The lowest BCUT2D eigenvalue weighted by Crippen LogP contribution is -2.43. The van der Waals surface area contributed by atoms with Crippen LogP contribution < -0.4 is 16.0 Å². The molecule has 11 nitrogen and oxygen atoms in total. The molecule has 1 heterocycles. The lowest BCUT2D eigenvalue weighted by molar-refractivity contribution is -0.117. The molecule has 41 heavy (non-hydrogen) atoms. The van der Waals surface area contributed by atoms with Crippen LogP contribution in [-0.4, -0.2) is 75.8 Å². The van der Waals surface area contributed by atoms with E-state index in [9.17, 15) is 34.8 Å². The molecule has 0 atom stereocenters. The Bertz CT molecular complexity index is 1520. The van der Waals surface area contributed by atoms with Crippen molar-refractivity contribution < 1.29 is 34.8 Å². The number of carbonyl (C=O) groups excluding carboxylic acids is 3. The third kappa shape index (κ3) is 7.87. The van der Waals surface area contributed by atoms with E-state index < -0.39 is 23.3 Å². The van der Waals surface area contributed by atoms with E-state index in [2.05, 4.69) is 22.0 Å². The molecule has 214 valence electrons. The zero-order valence-electron chi connectivity index (χ0n) is 22.2. The van der Waals surface area contributed by atoms with Crippen molar-refractivity contribution in [1.82, 2.24) is 15.5 Å². The smallest absolute Gasteiger partial charge is 0.251 e. The summed E-state index contributed by atoms with van der Waals surface area (Å²) < 4.78 is 1.12. The van der Waals surface area contributed by atoms with Gasteiger partial charge < -0.3 is 36.4 Å². The van der Waals surface area contributed by atoms with Crippen LogP contribution in [-0.2, 0) is 4.79 Å². The molecule has 0 unspecified atom stereocenters. The third-order valence-electron chi connectivity index (χ3n) is 6.19. The van der Waals surface area contributed by atoms with E-state index >= 15 is 0 Å². The molecule has 0 aliphatic carbocycles. The van der Waals surface area contributed by atoms with Gasteiger partial charge in [0.25, 0.3) is 11.8 Å². The van der Waals surface area contributed by atoms with Crippen molar-refractivity contribution in [3.63, 3.8) is 0 Å². The maximum absolute atomic E-state index is 12.9. The molecule has 0 saturated carbocycles. The zero-order valence-corrected chi connectivity index (χ0v) is 23.0. The Kier molecular flexibility index (Phi) is 9.27. The van der Waals surface area contributed by atoms with E-state index in [1.54, 1.807) is 16.2 Å². The first-order valence-corrected chi connectivity index (χ1v) is 13.5. The first kappa shape index (κ1) is 29.2. The van der Waals surface area contributed by atoms with Gasteiger partial charge in [-0.25, -0.2) is 0 Å². The van der Waals surface area contributed by atoms with Gasteiger partial charge >= 0.3 is 0 Å². The Balaban J connectivity index is 1.36. The number of aryl methyl sites for hydroxylation is 1. The van der Waals surface area contributed by atoms with Gasteiger partial charge in [0.1, 0.15) is 0 Å². The summed E-state index contributed by atoms with van der Waals surface area (Å²) in [6.07, 6.45) is 0. The summed E-state index contributed by atoms with van der Waals surface area (Å²) in [4.78, 5) is 40.8. The van der Waals surface area contributed by atoms with E-state index in [4.69, 9.17) is 0 Å². The van der Waals surface area contributed by atoms with Crippen LogP contribution in [0.5, 0.6) is 23.0 Å². The Morgan fingerprint density at radius 3 is 1.83 bits per heavy atom. The van der Waals surface area contributed by atoms with Crippen LogP contribution in [0.25, 0.3) is 10.1 Å². The highest BCUT2D eigenvalue weighted by Crippen LogP contribution is 2.28. The lowest BCUT2D eigenvalue weighted by Gasteiger charge is -2.22. The number of hydrogen-bond donors (Lipinski definition) is 7. The van der Waals surface area contributed by atoms with Crippen LogP contribution in [0.3, 0.4) is 0 Å². The molecule has 0 fully saturated rings. The molecule has 0 saturated heterocycles. The van der Waals surface area contributed by atoms with Crippen LogP contribution in [0.2, 0.25) is 0 Å². The van der Waals surface area contributed by atoms with Crippen molar-refractivity contribution in [3.05, 3.63) is 76.7 Å². The molecule has 12 heteroatoms. The number of rotatable bonds is 11. The van der Waals surface area contributed by atoms with E-state index in [-0.39, 0.29) is 61.3 Å². The summed E-state index contributed by atoms with van der Waals surface area (Å²) in [6, 6.07) is 15.2. The molecule has 3 aromatic carbocycles. The summed E-state index contributed by atoms with van der Waals surface area (Å²) in [5, 5.41) is 47.6. The van der Waals surface area contributed by atoms with Crippen LogP contribution in [0.4, 0.5) is 5.69 Å². The monoisotopic (exact) mass is 578 g/mol. The van der Waals surface area contributed by atoms with E-state index in [0.29, 0.717) is 5.69 Å². The second kappa shape index (κ2) is 13.0. The Labute approximate surface area is 239 Å². The molecular weight excluding hydrogens is 548 g/mol. The number of carbonyl (C=O) groups is 3. The third-order valence-corrected chi connectivity index (χ3v) is 7.22. The molecular formula is C29H30N4O7S. The largest absolute Gasteiger partial charge is 0.504 e. The molecule has 7 N–H and O–H groups in total. The standard InChI is InChI=1S/C29H30N4O7S/c1-17-12-20-13-21(4-7-26(20)41-17)32-27(38)16-33(10-8-30-28(39)18-2-5-22(34)24(36)14-18)11-9-31-29(40)19-3-6-23(35)25(37)15-19/h2-7,12-15,34-37H,8-11,16H2,1H3,(H,30,39)(H,31,40)(H,32,38). The minimum Gasteiger partial charge on any atom is -0.504 e. The van der Waals surface area contributed by atoms with Gasteiger partial charge in [-0.15, -0.1) is 11.3 Å². The second-order valence-electron chi connectivity index (χ2n) is 9.35. The molecule has 4 aromatic rings. The van der Waals surface area contributed by atoms with E-state index in [1.807, 2.05) is 25.1 Å². The normalized spacial score (nSPS) is 11.0. The van der Waals surface area contributed by atoms with Crippen molar-refractivity contribution in [2.24, 2.45) is 0 Å². The Hall–Kier alpha value is -4.81. The molecule has 0 bridgehead atoms. The molecule has 0 radical (unpaired) electrons. The summed E-state index contributed by atoms with van der Waals surface area (Å²) >= 11 is 1.67. The second-order valence-corrected chi connectivity index (χ2v) is 10.6. The van der Waals surface area contributed by atoms with Crippen LogP contribution >= 0.6 is 11.3 Å². The van der Waals surface area contributed by atoms with Gasteiger partial charge in [-0.05, 0) is 73.0 Å². The number of anilines is 1. The highest BCUT2D eigenvalue weighted by molar-refractivity contribution is 7.19. The van der Waals surface area contributed by atoms with Crippen LogP contribution in [0.1, 0.15) is 25.6 Å². The van der Waals surface area contributed by atoms with Crippen LogP contribution in [0, 0.1) is 6.92 Å². The average Bonchev–Trinajstić information content (AvgIpc) is 3.30. The number of thiophene rings is 1. The number of amides is 3. The average molecular weight is 579 g/mol. The SMILES string of the molecule is Cc1cc2cc(NC(=O)CN(CCNC(=O)c3ccc(O)c(O)c3)CCNC(=O)c3ccc(O)c(O)c3)ccc2s1. The maximum atomic E-state index is 12.9. The topological polar surface area (TPSA) is 171 Å². The summed E-state index contributed by atoms with van der Waals surface area (Å²) in [5.41, 5.74) is 0.974. The van der Waals surface area contributed by atoms with Gasteiger partial charge in [0.15, 0.2) is 23.0 Å². The number of benzene rings is 3. The molecule has 3 amide bonds. The fourth-order valence-electron chi connectivity index (χ4n) is 4.12. The Morgan fingerprint density at radius 2 is 1.29 bits per heavy atom. The van der Waals surface area contributed by atoms with Gasteiger partial charge in [-0.1, -0.05) is 0 Å². The van der Waals surface area contributed by atoms with Crippen molar-refractivity contribution in [2.75, 3.05) is 38.0 Å². The van der Waals surface area contributed by atoms with Gasteiger partial charge in [0.05, 0.1) is 6.54 Å². The van der Waals surface area contributed by atoms with Gasteiger partial charge in [0.2, 0.25) is 5.91 Å². The highest BCUT2D eigenvalue weighted by Gasteiger charge is 2.15. The highest BCUT2D eigenvalue weighted by atomic mass is 32.1. The lowest BCUT2D eigenvalue weighted by atomic mass is 10.2. The number of hydrogen-bond acceptors (Lipinski definition) is 9. The van der Waals surface area contributed by atoms with Crippen molar-refractivity contribution in [1.29, 1.82) is 0 Å². The minimum absolute atomic E-state index is 0.0214. The predicted molar refractivity (Wildman–Crippen MR) is 156 cm³/mol. The maximum Gasteiger partial charge on any atom is 0.251 e. The Morgan fingerprint density at radius 1 is 0.732 bits per heavy atom. The number of phenolic OH excluding ortho intramolecular Hbond substituents is 4. The van der Waals surface area contributed by atoms with Gasteiger partial charge in [-0.3, -0.25) is 19.3 Å². The zero-order chi connectivity index (χ0) is 29.5. The first-order chi connectivity index (χ1) is 19.6. The minimum atomic E-state index is -0.468. The van der Waals surface area contributed by atoms with E-state index in [0.717, 1.165) is 22.2 Å². The van der Waals surface area contributed by atoms with E-state index in [1.165, 1.54) is 29.1 Å². The molecule has 0 aliphatic rings. The quantitative estimate of drug-likeness (QED) is 0.133. The van der Waals surface area contributed by atoms with Gasteiger partial charge in [-0.2, -0.15) is 0 Å². The fourth-order valence-corrected chi connectivity index (χ4v) is 5.02. The molecule has 0 spiro atoms. The summed E-state index contributed by atoms with van der Waals surface area (Å²) in [7, 11) is 0. The predicted octanol–water partition coefficient (Wildman–Crippen LogP) is 3.13. The number of aromatic hydroxyl groups is 4. The number of nitrogens with zero attached hydrogens (tertiary/aromatic N) is 1. The van der Waals surface area contributed by atoms with Crippen molar-refractivity contribution >= 4 is 44.8 Å². The molecule has 0 aliphatic heterocycles. The number of nitrogens with one attached hydrogen (secondary N) is 3. The number of phenols is 4.